The number of carbonyl (C=O) groups is 2. The van der Waals surface area contributed by atoms with Gasteiger partial charge in [0.2, 0.25) is 5.91 Å². The first-order valence-corrected chi connectivity index (χ1v) is 10.9. The Morgan fingerprint density at radius 2 is 1.79 bits per heavy atom. The van der Waals surface area contributed by atoms with E-state index in [1.807, 2.05) is 73.6 Å². The predicted octanol–water partition coefficient (Wildman–Crippen LogP) is 5.98. The van der Waals surface area contributed by atoms with Gasteiger partial charge in [-0.25, -0.2) is 4.79 Å². The molecule has 0 aromatic carbocycles. The van der Waals surface area contributed by atoms with Gasteiger partial charge in [-0.3, -0.25) is 4.79 Å². The molecule has 0 aliphatic carbocycles. The molecule has 1 rings (SSSR count). The van der Waals surface area contributed by atoms with Gasteiger partial charge in [-0.2, -0.15) is 0 Å². The van der Waals surface area contributed by atoms with Gasteiger partial charge < -0.3 is 14.5 Å². The van der Waals surface area contributed by atoms with Crippen LogP contribution < -0.4 is 0 Å². The van der Waals surface area contributed by atoms with E-state index in [1.165, 1.54) is 0 Å². The molecule has 1 heterocycles. The third-order valence-electron chi connectivity index (χ3n) is 3.97. The summed E-state index contributed by atoms with van der Waals surface area (Å²) in [5.74, 6) is -0.00416. The van der Waals surface area contributed by atoms with Crippen molar-refractivity contribution in [2.45, 2.75) is 86.8 Å². The van der Waals surface area contributed by atoms with Crippen LogP contribution in [0.4, 0.5) is 4.79 Å². The van der Waals surface area contributed by atoms with Gasteiger partial charge in [0.05, 0.1) is 6.04 Å². The smallest absolute Gasteiger partial charge is 0.410 e. The molecule has 29 heavy (non-hydrogen) atoms. The van der Waals surface area contributed by atoms with Gasteiger partial charge in [-0.05, 0) is 46.1 Å². The number of allylic oxidation sites excluding steroid dienone is 3. The van der Waals surface area contributed by atoms with Gasteiger partial charge in [0.1, 0.15) is 5.60 Å². The minimum Gasteiger partial charge on any atom is -0.444 e. The number of ether oxygens (including phenoxy) is 1. The van der Waals surface area contributed by atoms with E-state index in [2.05, 4.69) is 6.58 Å². The van der Waals surface area contributed by atoms with Crippen LogP contribution >= 0.6 is 0 Å². The Bertz CT molecular complexity index is 545. The molecule has 0 spiro atoms. The second-order valence-corrected chi connectivity index (χ2v) is 7.35. The highest BCUT2D eigenvalue weighted by Crippen LogP contribution is 2.22. The van der Waals surface area contributed by atoms with Gasteiger partial charge in [-0.1, -0.05) is 58.6 Å². The molecule has 0 aromatic rings. The maximum Gasteiger partial charge on any atom is 0.410 e. The maximum absolute atomic E-state index is 12.4. The molecule has 1 fully saturated rings. The highest BCUT2D eigenvalue weighted by atomic mass is 16.6. The fourth-order valence-corrected chi connectivity index (χ4v) is 2.89. The molecule has 2 amide bonds. The van der Waals surface area contributed by atoms with Gasteiger partial charge in [-0.15, -0.1) is 0 Å². The molecule has 1 aliphatic rings. The second kappa shape index (κ2) is 15.8. The molecule has 5 heteroatoms. The Balaban J connectivity index is 0. The summed E-state index contributed by atoms with van der Waals surface area (Å²) in [4.78, 5) is 28.0. The highest BCUT2D eigenvalue weighted by molar-refractivity contribution is 5.74. The van der Waals surface area contributed by atoms with E-state index < -0.39 is 5.60 Å². The van der Waals surface area contributed by atoms with Crippen molar-refractivity contribution in [3.63, 3.8) is 0 Å². The van der Waals surface area contributed by atoms with Gasteiger partial charge in [0.25, 0.3) is 0 Å². The van der Waals surface area contributed by atoms with Crippen molar-refractivity contribution in [3.05, 3.63) is 36.5 Å². The van der Waals surface area contributed by atoms with Crippen LogP contribution in [0.3, 0.4) is 0 Å². The first kappa shape index (κ1) is 29.2. The number of hydrogen-bond donors (Lipinski definition) is 0. The van der Waals surface area contributed by atoms with Crippen molar-refractivity contribution in [2.24, 2.45) is 0 Å². The quantitative estimate of drug-likeness (QED) is 0.508. The molecule has 0 N–H and O–H groups in total. The lowest BCUT2D eigenvalue weighted by atomic mass is 10.1. The van der Waals surface area contributed by atoms with E-state index >= 15 is 0 Å². The summed E-state index contributed by atoms with van der Waals surface area (Å²) in [6.07, 6.45) is 9.04. The molecule has 1 saturated heterocycles. The minimum absolute atomic E-state index is 0.00416. The summed E-state index contributed by atoms with van der Waals surface area (Å²) in [6.45, 7) is 22.5. The maximum atomic E-state index is 12.4. The lowest BCUT2D eigenvalue weighted by Gasteiger charge is -2.32. The van der Waals surface area contributed by atoms with Crippen LogP contribution in [0.1, 0.15) is 75.2 Å². The Kier molecular flexibility index (Phi) is 15.9. The summed E-state index contributed by atoms with van der Waals surface area (Å²) < 4.78 is 5.50. The number of nitrogens with zero attached hydrogens (tertiary/aromatic N) is 2. The van der Waals surface area contributed by atoms with Crippen LogP contribution in [-0.2, 0) is 9.53 Å². The molecular formula is C24H44N2O3. The van der Waals surface area contributed by atoms with Crippen LogP contribution in [-0.4, -0.2) is 53.1 Å². The van der Waals surface area contributed by atoms with Crippen LogP contribution in [0.2, 0.25) is 0 Å². The Labute approximate surface area is 179 Å². The van der Waals surface area contributed by atoms with E-state index in [4.69, 9.17) is 4.74 Å². The topological polar surface area (TPSA) is 49.9 Å². The predicted molar refractivity (Wildman–Crippen MR) is 124 cm³/mol. The van der Waals surface area contributed by atoms with Crippen molar-refractivity contribution >= 4 is 12.0 Å². The molecular weight excluding hydrogens is 364 g/mol. The van der Waals surface area contributed by atoms with Gasteiger partial charge >= 0.3 is 6.09 Å². The molecule has 0 radical (unpaired) electrons. The van der Waals surface area contributed by atoms with Gasteiger partial charge in [0.15, 0.2) is 0 Å². The SMILES string of the molecule is C=C/C=C(\C=C/C)CN(C[C@@H]1CCCN1C(=O)OC(C)(C)C)C(C)=O.CC.CC. The zero-order valence-corrected chi connectivity index (χ0v) is 20.2. The summed E-state index contributed by atoms with van der Waals surface area (Å²) in [5.41, 5.74) is 0.491. The van der Waals surface area contributed by atoms with Crippen molar-refractivity contribution < 1.29 is 14.3 Å². The van der Waals surface area contributed by atoms with E-state index in [-0.39, 0.29) is 18.0 Å². The van der Waals surface area contributed by atoms with Crippen LogP contribution in [0.25, 0.3) is 0 Å². The standard InChI is InChI=1S/C20H32N2O3.2C2H6/c1-7-10-17(11-8-2)14-21(16(3)23)15-18-12-9-13-22(18)19(24)25-20(4,5)6;2*1-2/h7-8,10-11,18H,1,9,12-15H2,2-6H3;2*1-2H3/b11-8-,17-10+;;/t18-;;/m0../s1. The van der Waals surface area contributed by atoms with E-state index in [0.29, 0.717) is 19.6 Å². The largest absolute Gasteiger partial charge is 0.444 e. The average molecular weight is 409 g/mol. The summed E-state index contributed by atoms with van der Waals surface area (Å²) >= 11 is 0. The Morgan fingerprint density at radius 3 is 2.24 bits per heavy atom. The van der Waals surface area contributed by atoms with Crippen molar-refractivity contribution in [3.8, 4) is 0 Å². The first-order valence-electron chi connectivity index (χ1n) is 10.9. The van der Waals surface area contributed by atoms with Crippen LogP contribution in [0.5, 0.6) is 0 Å². The summed E-state index contributed by atoms with van der Waals surface area (Å²) in [6, 6.07) is -0.00524. The molecule has 0 unspecified atom stereocenters. The molecule has 5 nitrogen and oxygen atoms in total. The molecule has 0 aromatic heterocycles. The molecule has 1 atom stereocenters. The minimum atomic E-state index is -0.518. The number of likely N-dealkylation sites (tertiary alicyclic amines) is 1. The molecule has 168 valence electrons. The van der Waals surface area contributed by atoms with Crippen LogP contribution in [0, 0.1) is 0 Å². The molecule has 0 saturated carbocycles. The monoisotopic (exact) mass is 408 g/mol. The fourth-order valence-electron chi connectivity index (χ4n) is 2.89. The fraction of sp³-hybridized carbons (Fsp3) is 0.667. The van der Waals surface area contributed by atoms with E-state index in [9.17, 15) is 9.59 Å². The lowest BCUT2D eigenvalue weighted by molar-refractivity contribution is -0.129. The number of rotatable bonds is 6. The number of hydrogen-bond acceptors (Lipinski definition) is 3. The molecule has 0 bridgehead atoms. The highest BCUT2D eigenvalue weighted by Gasteiger charge is 2.33. The molecule has 1 aliphatic heterocycles. The van der Waals surface area contributed by atoms with Crippen molar-refractivity contribution in [2.75, 3.05) is 19.6 Å². The van der Waals surface area contributed by atoms with Crippen molar-refractivity contribution in [1.29, 1.82) is 0 Å². The zero-order chi connectivity index (χ0) is 23.0. The number of carbonyl (C=O) groups excluding carboxylic acids is 2. The Morgan fingerprint density at radius 1 is 1.21 bits per heavy atom. The van der Waals surface area contributed by atoms with Crippen LogP contribution in [0.15, 0.2) is 36.5 Å². The van der Waals surface area contributed by atoms with E-state index in [0.717, 1.165) is 18.4 Å². The Hall–Kier alpha value is -2.04. The lowest BCUT2D eigenvalue weighted by Crippen LogP contribution is -2.46. The van der Waals surface area contributed by atoms with E-state index in [1.54, 1.807) is 22.8 Å². The number of amides is 2. The normalized spacial score (nSPS) is 16.4. The summed E-state index contributed by atoms with van der Waals surface area (Å²) in [7, 11) is 0. The second-order valence-electron chi connectivity index (χ2n) is 7.35. The van der Waals surface area contributed by atoms with Crippen molar-refractivity contribution in [1.82, 2.24) is 9.80 Å². The zero-order valence-electron chi connectivity index (χ0n) is 20.2. The third-order valence-corrected chi connectivity index (χ3v) is 3.97. The summed E-state index contributed by atoms with van der Waals surface area (Å²) in [5, 5.41) is 0. The first-order chi connectivity index (χ1) is 13.7. The van der Waals surface area contributed by atoms with Gasteiger partial charge in [0, 0.05) is 26.6 Å². The third kappa shape index (κ3) is 12.2. The average Bonchev–Trinajstić information content (AvgIpc) is 3.12.